The van der Waals surface area contributed by atoms with E-state index in [2.05, 4.69) is 46.3 Å². The molecule has 1 saturated heterocycles. The van der Waals surface area contributed by atoms with Gasteiger partial charge in [-0.15, -0.1) is 11.3 Å². The maximum atomic E-state index is 4.60. The number of aromatic nitrogens is 2. The van der Waals surface area contributed by atoms with Gasteiger partial charge in [-0.25, -0.2) is 9.97 Å². The van der Waals surface area contributed by atoms with Crippen molar-refractivity contribution in [3.63, 3.8) is 0 Å². The topological polar surface area (TPSA) is 37.8 Å². The normalized spacial score (nSPS) is 23.1. The van der Waals surface area contributed by atoms with Crippen LogP contribution in [0.3, 0.4) is 0 Å². The summed E-state index contributed by atoms with van der Waals surface area (Å²) in [5, 5.41) is 6.93. The van der Waals surface area contributed by atoms with Crippen molar-refractivity contribution in [3.05, 3.63) is 16.8 Å². The molecule has 1 aliphatic rings. The Balaban J connectivity index is 1.89. The lowest BCUT2D eigenvalue weighted by Crippen LogP contribution is -2.27. The van der Waals surface area contributed by atoms with Gasteiger partial charge in [0.2, 0.25) is 0 Å². The summed E-state index contributed by atoms with van der Waals surface area (Å²) >= 11 is 3.78. The predicted octanol–water partition coefficient (Wildman–Crippen LogP) is 4.01. The smallest absolute Gasteiger partial charge is 0.138 e. The molecule has 0 radical (unpaired) electrons. The van der Waals surface area contributed by atoms with Crippen molar-refractivity contribution in [2.24, 2.45) is 0 Å². The van der Waals surface area contributed by atoms with Gasteiger partial charge in [-0.1, -0.05) is 0 Å². The van der Waals surface area contributed by atoms with Gasteiger partial charge in [-0.05, 0) is 50.3 Å². The molecule has 1 unspecified atom stereocenters. The zero-order chi connectivity index (χ0) is 13.5. The Kier molecular flexibility index (Phi) is 3.43. The summed E-state index contributed by atoms with van der Waals surface area (Å²) in [6.45, 7) is 7.43. The number of thiophene rings is 1. The number of hydrogen-bond donors (Lipinski definition) is 1. The Morgan fingerprint density at radius 1 is 1.37 bits per heavy atom. The summed E-state index contributed by atoms with van der Waals surface area (Å²) in [6.07, 6.45) is 2.62. The molecule has 5 heteroatoms. The van der Waals surface area contributed by atoms with Crippen molar-refractivity contribution in [3.8, 4) is 0 Å². The fourth-order valence-corrected chi connectivity index (χ4v) is 4.78. The van der Waals surface area contributed by atoms with Crippen LogP contribution in [0.5, 0.6) is 0 Å². The summed E-state index contributed by atoms with van der Waals surface area (Å²) in [5.41, 5.74) is 1.27. The van der Waals surface area contributed by atoms with E-state index in [1.807, 2.05) is 6.92 Å². The molecule has 1 N–H and O–H groups in total. The van der Waals surface area contributed by atoms with E-state index in [4.69, 9.17) is 0 Å². The van der Waals surface area contributed by atoms with Gasteiger partial charge in [0, 0.05) is 11.3 Å². The van der Waals surface area contributed by atoms with Gasteiger partial charge >= 0.3 is 0 Å². The van der Waals surface area contributed by atoms with Crippen LogP contribution in [0.15, 0.2) is 5.38 Å². The Morgan fingerprint density at radius 2 is 2.21 bits per heavy atom. The number of anilines is 1. The third-order valence-corrected chi connectivity index (χ3v) is 6.19. The largest absolute Gasteiger partial charge is 0.368 e. The molecule has 0 saturated carbocycles. The summed E-state index contributed by atoms with van der Waals surface area (Å²) in [7, 11) is 0. The Labute approximate surface area is 122 Å². The van der Waals surface area contributed by atoms with Crippen LogP contribution in [0, 0.1) is 13.8 Å². The zero-order valence-electron chi connectivity index (χ0n) is 11.6. The van der Waals surface area contributed by atoms with Gasteiger partial charge in [0.05, 0.1) is 5.39 Å². The Morgan fingerprint density at radius 3 is 2.95 bits per heavy atom. The molecule has 0 amide bonds. The van der Waals surface area contributed by atoms with E-state index >= 15 is 0 Å². The van der Waals surface area contributed by atoms with Gasteiger partial charge in [-0.2, -0.15) is 11.8 Å². The highest BCUT2D eigenvalue weighted by Gasteiger charge is 2.29. The van der Waals surface area contributed by atoms with Gasteiger partial charge in [0.1, 0.15) is 16.5 Å². The number of hydrogen-bond acceptors (Lipinski definition) is 5. The average Bonchev–Trinajstić information content (AvgIpc) is 2.94. The van der Waals surface area contributed by atoms with E-state index in [1.54, 1.807) is 11.3 Å². The molecule has 0 aromatic carbocycles. The molecule has 0 bridgehead atoms. The second kappa shape index (κ2) is 4.94. The van der Waals surface area contributed by atoms with Crippen LogP contribution in [-0.2, 0) is 0 Å². The van der Waals surface area contributed by atoms with Crippen LogP contribution in [-0.4, -0.2) is 27.0 Å². The van der Waals surface area contributed by atoms with Crippen molar-refractivity contribution < 1.29 is 0 Å². The minimum absolute atomic E-state index is 0.356. The SMILES string of the molecule is Cc1nc(NCC2(C)CCCS2)c2c(C)csc2n1. The van der Waals surface area contributed by atoms with Crippen LogP contribution in [0.2, 0.25) is 0 Å². The van der Waals surface area contributed by atoms with Crippen LogP contribution >= 0.6 is 23.1 Å². The van der Waals surface area contributed by atoms with E-state index in [9.17, 15) is 0 Å². The van der Waals surface area contributed by atoms with Crippen LogP contribution in [0.4, 0.5) is 5.82 Å². The number of thioether (sulfide) groups is 1. The first kappa shape index (κ1) is 13.2. The molecule has 1 fully saturated rings. The third kappa shape index (κ3) is 2.58. The van der Waals surface area contributed by atoms with Crippen molar-refractivity contribution in [2.45, 2.75) is 38.4 Å². The molecule has 0 spiro atoms. The monoisotopic (exact) mass is 293 g/mol. The van der Waals surface area contributed by atoms with Crippen LogP contribution in [0.25, 0.3) is 10.2 Å². The molecule has 3 rings (SSSR count). The van der Waals surface area contributed by atoms with Gasteiger partial charge < -0.3 is 5.32 Å². The minimum Gasteiger partial charge on any atom is -0.368 e. The number of aryl methyl sites for hydroxylation is 2. The van der Waals surface area contributed by atoms with E-state index in [1.165, 1.54) is 29.5 Å². The average molecular weight is 293 g/mol. The maximum absolute atomic E-state index is 4.60. The number of fused-ring (bicyclic) bond motifs is 1. The van der Waals surface area contributed by atoms with Crippen LogP contribution < -0.4 is 5.32 Å². The lowest BCUT2D eigenvalue weighted by atomic mass is 10.1. The fourth-order valence-electron chi connectivity index (χ4n) is 2.57. The van der Waals surface area contributed by atoms with E-state index in [0.29, 0.717) is 4.75 Å². The molecular weight excluding hydrogens is 274 g/mol. The minimum atomic E-state index is 0.356. The molecule has 19 heavy (non-hydrogen) atoms. The summed E-state index contributed by atoms with van der Waals surface area (Å²) in [6, 6.07) is 0. The van der Waals surface area contributed by atoms with Crippen molar-refractivity contribution in [1.82, 2.24) is 9.97 Å². The zero-order valence-corrected chi connectivity index (χ0v) is 13.2. The summed E-state index contributed by atoms with van der Waals surface area (Å²) < 4.78 is 0.356. The first-order valence-electron chi connectivity index (χ1n) is 6.68. The summed E-state index contributed by atoms with van der Waals surface area (Å²) in [4.78, 5) is 10.2. The third-order valence-electron chi connectivity index (χ3n) is 3.66. The van der Waals surface area contributed by atoms with Crippen molar-refractivity contribution in [2.75, 3.05) is 17.6 Å². The molecule has 0 aliphatic carbocycles. The van der Waals surface area contributed by atoms with Gasteiger partial charge in [-0.3, -0.25) is 0 Å². The second-order valence-corrected chi connectivity index (χ2v) is 8.01. The van der Waals surface area contributed by atoms with Crippen LogP contribution in [0.1, 0.15) is 31.2 Å². The number of nitrogens with zero attached hydrogens (tertiary/aromatic N) is 2. The quantitative estimate of drug-likeness (QED) is 0.928. The maximum Gasteiger partial charge on any atom is 0.138 e. The second-order valence-electron chi connectivity index (χ2n) is 5.47. The van der Waals surface area contributed by atoms with Crippen molar-refractivity contribution in [1.29, 1.82) is 0 Å². The van der Waals surface area contributed by atoms with E-state index < -0.39 is 0 Å². The summed E-state index contributed by atoms with van der Waals surface area (Å²) in [5.74, 6) is 3.14. The van der Waals surface area contributed by atoms with E-state index in [0.717, 1.165) is 23.0 Å². The number of nitrogens with one attached hydrogen (secondary N) is 1. The molecule has 102 valence electrons. The van der Waals surface area contributed by atoms with E-state index in [-0.39, 0.29) is 0 Å². The van der Waals surface area contributed by atoms with Gasteiger partial charge in [0.25, 0.3) is 0 Å². The first-order chi connectivity index (χ1) is 9.07. The molecule has 2 aromatic rings. The lowest BCUT2D eigenvalue weighted by molar-refractivity contribution is 0.634. The molecule has 3 heterocycles. The standard InChI is InChI=1S/C14H19N3S2/c1-9-7-18-13-11(9)12(16-10(2)17-13)15-8-14(3)5-4-6-19-14/h7H,4-6,8H2,1-3H3,(H,15,16,17). The lowest BCUT2D eigenvalue weighted by Gasteiger charge is -2.23. The molecule has 2 aromatic heterocycles. The Hall–Kier alpha value is -0.810. The number of rotatable bonds is 3. The van der Waals surface area contributed by atoms with Gasteiger partial charge in [0.15, 0.2) is 0 Å². The Bertz CT molecular complexity index is 600. The highest BCUT2D eigenvalue weighted by molar-refractivity contribution is 8.00. The highest BCUT2D eigenvalue weighted by atomic mass is 32.2. The fraction of sp³-hybridized carbons (Fsp3) is 0.571. The molecule has 1 aliphatic heterocycles. The first-order valence-corrected chi connectivity index (χ1v) is 8.54. The molecular formula is C14H19N3S2. The predicted molar refractivity (Wildman–Crippen MR) is 85.5 cm³/mol. The highest BCUT2D eigenvalue weighted by Crippen LogP contribution is 2.38. The molecule has 1 atom stereocenters. The van der Waals surface area contributed by atoms with Crippen molar-refractivity contribution >= 4 is 39.1 Å². The molecule has 3 nitrogen and oxygen atoms in total.